The van der Waals surface area contributed by atoms with Gasteiger partial charge in [-0.15, -0.1) is 0 Å². The molecule has 3 aromatic rings. The number of amides is 3. The van der Waals surface area contributed by atoms with E-state index in [2.05, 4.69) is 10.3 Å². The molecular formula is C21H18ClN3O2. The van der Waals surface area contributed by atoms with Gasteiger partial charge in [0.15, 0.2) is 0 Å². The molecule has 2 aromatic carbocycles. The predicted octanol–water partition coefficient (Wildman–Crippen LogP) is 4.16. The van der Waals surface area contributed by atoms with Crippen LogP contribution in [0.5, 0.6) is 0 Å². The molecule has 27 heavy (non-hydrogen) atoms. The van der Waals surface area contributed by atoms with Crippen molar-refractivity contribution in [2.45, 2.75) is 25.9 Å². The van der Waals surface area contributed by atoms with Crippen LogP contribution in [-0.4, -0.2) is 21.8 Å². The molecule has 1 aliphatic rings. The van der Waals surface area contributed by atoms with E-state index in [0.29, 0.717) is 10.5 Å². The van der Waals surface area contributed by atoms with Gasteiger partial charge in [-0.05, 0) is 48.7 Å². The van der Waals surface area contributed by atoms with E-state index in [1.165, 1.54) is 4.90 Å². The minimum Gasteiger partial charge on any atom is -0.319 e. The molecule has 136 valence electrons. The first kappa shape index (κ1) is 17.5. The van der Waals surface area contributed by atoms with Gasteiger partial charge in [0.25, 0.3) is 5.91 Å². The number of benzene rings is 2. The maximum Gasteiger partial charge on any atom is 0.325 e. The lowest BCUT2D eigenvalue weighted by molar-refractivity contribution is -0.131. The van der Waals surface area contributed by atoms with Gasteiger partial charge in [-0.1, -0.05) is 41.9 Å². The van der Waals surface area contributed by atoms with Crippen molar-refractivity contribution in [1.82, 2.24) is 15.2 Å². The van der Waals surface area contributed by atoms with Gasteiger partial charge in [0.1, 0.15) is 5.54 Å². The molecule has 0 saturated carbocycles. The lowest BCUT2D eigenvalue weighted by Gasteiger charge is -2.24. The standard InChI is InChI=1S/C21H18ClN3O2/c1-13-6-3-4-8-16(13)21(2)19(26)25(20(27)24-21)12-14-9-10-17(22)15-7-5-11-23-18(14)15/h3-11H,12H2,1-2H3,(H,24,27). The fourth-order valence-corrected chi connectivity index (χ4v) is 3.87. The summed E-state index contributed by atoms with van der Waals surface area (Å²) in [4.78, 5) is 31.5. The summed E-state index contributed by atoms with van der Waals surface area (Å²) in [5.41, 5.74) is 2.12. The summed E-state index contributed by atoms with van der Waals surface area (Å²) in [6.45, 7) is 3.81. The molecule has 2 heterocycles. The number of nitrogens with zero attached hydrogens (tertiary/aromatic N) is 2. The molecular weight excluding hydrogens is 362 g/mol. The minimum atomic E-state index is -1.09. The molecule has 1 N–H and O–H groups in total. The lowest BCUT2D eigenvalue weighted by atomic mass is 9.88. The molecule has 1 atom stereocenters. The Bertz CT molecular complexity index is 1080. The first-order valence-corrected chi connectivity index (χ1v) is 9.02. The highest BCUT2D eigenvalue weighted by molar-refractivity contribution is 6.35. The van der Waals surface area contributed by atoms with E-state index < -0.39 is 11.6 Å². The van der Waals surface area contributed by atoms with E-state index in [4.69, 9.17) is 11.6 Å². The van der Waals surface area contributed by atoms with Crippen molar-refractivity contribution in [3.8, 4) is 0 Å². The minimum absolute atomic E-state index is 0.136. The second kappa shape index (κ2) is 6.35. The van der Waals surface area contributed by atoms with Crippen molar-refractivity contribution < 1.29 is 9.59 Å². The fourth-order valence-electron chi connectivity index (χ4n) is 3.65. The maximum absolute atomic E-state index is 13.2. The van der Waals surface area contributed by atoms with Gasteiger partial charge < -0.3 is 5.32 Å². The Morgan fingerprint density at radius 2 is 1.89 bits per heavy atom. The lowest BCUT2D eigenvalue weighted by Crippen LogP contribution is -2.41. The van der Waals surface area contributed by atoms with Gasteiger partial charge in [0, 0.05) is 16.6 Å². The van der Waals surface area contributed by atoms with Crippen LogP contribution in [0, 0.1) is 6.92 Å². The number of halogens is 1. The van der Waals surface area contributed by atoms with Crippen LogP contribution >= 0.6 is 11.6 Å². The normalized spacial score (nSPS) is 19.6. The third kappa shape index (κ3) is 2.75. The van der Waals surface area contributed by atoms with Crippen molar-refractivity contribution in [2.24, 2.45) is 0 Å². The molecule has 6 heteroatoms. The summed E-state index contributed by atoms with van der Waals surface area (Å²) in [6, 6.07) is 14.4. The van der Waals surface area contributed by atoms with Gasteiger partial charge >= 0.3 is 6.03 Å². The fraction of sp³-hybridized carbons (Fsp3) is 0.190. The number of aryl methyl sites for hydroxylation is 1. The molecule has 0 aliphatic carbocycles. The van der Waals surface area contributed by atoms with E-state index in [9.17, 15) is 9.59 Å². The van der Waals surface area contributed by atoms with Gasteiger partial charge in [0.05, 0.1) is 12.1 Å². The molecule has 4 rings (SSSR count). The Kier molecular flexibility index (Phi) is 4.12. The quantitative estimate of drug-likeness (QED) is 0.695. The van der Waals surface area contributed by atoms with Gasteiger partial charge in [-0.2, -0.15) is 0 Å². The molecule has 3 amide bonds. The topological polar surface area (TPSA) is 62.3 Å². The molecule has 5 nitrogen and oxygen atoms in total. The third-order valence-electron chi connectivity index (χ3n) is 5.09. The monoisotopic (exact) mass is 379 g/mol. The van der Waals surface area contributed by atoms with Crippen molar-refractivity contribution in [1.29, 1.82) is 0 Å². The zero-order valence-electron chi connectivity index (χ0n) is 15.0. The van der Waals surface area contributed by atoms with Crippen molar-refractivity contribution in [2.75, 3.05) is 0 Å². The summed E-state index contributed by atoms with van der Waals surface area (Å²) in [5, 5.41) is 4.24. The zero-order valence-corrected chi connectivity index (χ0v) is 15.7. The number of hydrogen-bond donors (Lipinski definition) is 1. The SMILES string of the molecule is Cc1ccccc1C1(C)NC(=O)N(Cc2ccc(Cl)c3cccnc23)C1=O. The van der Waals surface area contributed by atoms with Gasteiger partial charge in [0.2, 0.25) is 0 Å². The second-order valence-corrected chi connectivity index (χ2v) is 7.27. The van der Waals surface area contributed by atoms with Gasteiger partial charge in [-0.3, -0.25) is 14.7 Å². The van der Waals surface area contributed by atoms with E-state index in [0.717, 1.165) is 22.1 Å². The average molecular weight is 380 g/mol. The number of carbonyl (C=O) groups excluding carboxylic acids is 2. The number of hydrogen-bond acceptors (Lipinski definition) is 3. The summed E-state index contributed by atoms with van der Waals surface area (Å²) < 4.78 is 0. The van der Waals surface area contributed by atoms with E-state index in [-0.39, 0.29) is 12.5 Å². The van der Waals surface area contributed by atoms with Crippen LogP contribution in [0.25, 0.3) is 10.9 Å². The highest BCUT2D eigenvalue weighted by Gasteiger charge is 2.49. The Morgan fingerprint density at radius 1 is 1.11 bits per heavy atom. The van der Waals surface area contributed by atoms with E-state index in [1.807, 2.05) is 43.3 Å². The summed E-state index contributed by atoms with van der Waals surface area (Å²) in [5.74, 6) is -0.277. The molecule has 1 fully saturated rings. The zero-order chi connectivity index (χ0) is 19.2. The molecule has 0 spiro atoms. The molecule has 0 radical (unpaired) electrons. The Morgan fingerprint density at radius 3 is 2.67 bits per heavy atom. The van der Waals surface area contributed by atoms with Crippen molar-refractivity contribution in [3.63, 3.8) is 0 Å². The van der Waals surface area contributed by atoms with Crippen molar-refractivity contribution >= 4 is 34.4 Å². The number of imide groups is 1. The predicted molar refractivity (Wildman–Crippen MR) is 104 cm³/mol. The third-order valence-corrected chi connectivity index (χ3v) is 5.42. The summed E-state index contributed by atoms with van der Waals surface area (Å²) in [7, 11) is 0. The van der Waals surface area contributed by atoms with E-state index >= 15 is 0 Å². The van der Waals surface area contributed by atoms with E-state index in [1.54, 1.807) is 25.3 Å². The summed E-state index contributed by atoms with van der Waals surface area (Å²) in [6.07, 6.45) is 1.67. The second-order valence-electron chi connectivity index (χ2n) is 6.87. The number of nitrogens with one attached hydrogen (secondary N) is 1. The number of carbonyl (C=O) groups is 2. The number of fused-ring (bicyclic) bond motifs is 1. The van der Waals surface area contributed by atoms with Crippen LogP contribution in [0.2, 0.25) is 5.02 Å². The highest BCUT2D eigenvalue weighted by atomic mass is 35.5. The highest BCUT2D eigenvalue weighted by Crippen LogP contribution is 2.33. The number of aromatic nitrogens is 1. The molecule has 1 saturated heterocycles. The summed E-state index contributed by atoms with van der Waals surface area (Å²) >= 11 is 6.25. The van der Waals surface area contributed by atoms with Crippen LogP contribution in [-0.2, 0) is 16.9 Å². The van der Waals surface area contributed by atoms with Crippen LogP contribution < -0.4 is 5.32 Å². The van der Waals surface area contributed by atoms with Crippen LogP contribution in [0.1, 0.15) is 23.6 Å². The molecule has 0 bridgehead atoms. The number of rotatable bonds is 3. The Balaban J connectivity index is 1.72. The van der Waals surface area contributed by atoms with Crippen LogP contribution in [0.15, 0.2) is 54.7 Å². The molecule has 1 unspecified atom stereocenters. The smallest absolute Gasteiger partial charge is 0.319 e. The molecule has 1 aliphatic heterocycles. The maximum atomic E-state index is 13.2. The number of urea groups is 1. The Hall–Kier alpha value is -2.92. The first-order valence-electron chi connectivity index (χ1n) is 8.64. The van der Waals surface area contributed by atoms with Crippen LogP contribution in [0.3, 0.4) is 0 Å². The Labute approximate surface area is 162 Å². The number of pyridine rings is 1. The molecule has 1 aromatic heterocycles. The average Bonchev–Trinajstić information content (AvgIpc) is 2.88. The van der Waals surface area contributed by atoms with Crippen LogP contribution in [0.4, 0.5) is 4.79 Å². The van der Waals surface area contributed by atoms with Crippen molar-refractivity contribution in [3.05, 3.63) is 76.4 Å². The first-order chi connectivity index (χ1) is 12.9. The largest absolute Gasteiger partial charge is 0.325 e. The van der Waals surface area contributed by atoms with Gasteiger partial charge in [-0.25, -0.2) is 4.79 Å².